The molecule has 2 aromatic rings. The lowest BCUT2D eigenvalue weighted by Gasteiger charge is -2.36. The number of piperidine rings is 1. The summed E-state index contributed by atoms with van der Waals surface area (Å²) in [6.07, 6.45) is 1.24. The molecule has 8 heteroatoms. The number of aryl methyl sites for hydroxylation is 1. The van der Waals surface area contributed by atoms with E-state index in [9.17, 15) is 14.4 Å². The van der Waals surface area contributed by atoms with E-state index < -0.39 is 6.04 Å². The fourth-order valence-corrected chi connectivity index (χ4v) is 4.43. The maximum atomic E-state index is 13.0. The molecule has 0 saturated carbocycles. The highest BCUT2D eigenvalue weighted by Gasteiger charge is 2.34. The largest absolute Gasteiger partial charge is 0.454 e. The number of hydrogen-bond donors (Lipinski definition) is 2. The minimum absolute atomic E-state index is 0.00488. The van der Waals surface area contributed by atoms with Crippen LogP contribution in [0.15, 0.2) is 42.5 Å². The first-order chi connectivity index (χ1) is 16.3. The number of nitrogens with one attached hydrogen (secondary N) is 2. The molecule has 3 amide bonds. The number of amides is 3. The Morgan fingerprint density at radius 3 is 2.38 bits per heavy atom. The van der Waals surface area contributed by atoms with E-state index in [0.717, 1.165) is 5.56 Å². The van der Waals surface area contributed by atoms with Crippen molar-refractivity contribution < 1.29 is 23.9 Å². The lowest BCUT2D eigenvalue weighted by Crippen LogP contribution is -2.54. The highest BCUT2D eigenvalue weighted by Crippen LogP contribution is 2.32. The smallest absolute Gasteiger partial charge is 0.253 e. The van der Waals surface area contributed by atoms with Gasteiger partial charge in [0.05, 0.1) is 0 Å². The zero-order valence-electron chi connectivity index (χ0n) is 19.8. The Balaban J connectivity index is 1.44. The molecule has 0 aliphatic carbocycles. The summed E-state index contributed by atoms with van der Waals surface area (Å²) in [5.41, 5.74) is 2.11. The molecule has 8 nitrogen and oxygen atoms in total. The molecule has 0 aromatic heterocycles. The molecular formula is C26H31N3O5. The number of fused-ring (bicyclic) bond motifs is 1. The SMILES string of the molecule is Cc1cccc(C(=O)N2CCC(C(NC(=O)c3ccc4c(c3)OCO4)C(=O)NC(C)C)CC2)c1. The van der Waals surface area contributed by atoms with Crippen LogP contribution in [-0.4, -0.2) is 54.6 Å². The van der Waals surface area contributed by atoms with Crippen LogP contribution in [0.25, 0.3) is 0 Å². The highest BCUT2D eigenvalue weighted by atomic mass is 16.7. The molecule has 34 heavy (non-hydrogen) atoms. The summed E-state index contributed by atoms with van der Waals surface area (Å²) in [7, 11) is 0. The van der Waals surface area contributed by atoms with Gasteiger partial charge in [-0.15, -0.1) is 0 Å². The van der Waals surface area contributed by atoms with E-state index in [0.29, 0.717) is 48.6 Å². The molecule has 2 aromatic carbocycles. The van der Waals surface area contributed by atoms with Gasteiger partial charge in [-0.3, -0.25) is 14.4 Å². The second-order valence-electron chi connectivity index (χ2n) is 9.18. The third-order valence-electron chi connectivity index (χ3n) is 6.20. The maximum Gasteiger partial charge on any atom is 0.253 e. The first-order valence-electron chi connectivity index (χ1n) is 11.7. The number of carbonyl (C=O) groups is 3. The van der Waals surface area contributed by atoms with Crippen molar-refractivity contribution >= 4 is 17.7 Å². The van der Waals surface area contributed by atoms with Crippen LogP contribution in [0.3, 0.4) is 0 Å². The molecule has 0 radical (unpaired) electrons. The summed E-state index contributed by atoms with van der Waals surface area (Å²) < 4.78 is 10.7. The van der Waals surface area contributed by atoms with Crippen molar-refractivity contribution in [3.8, 4) is 11.5 Å². The summed E-state index contributed by atoms with van der Waals surface area (Å²) in [4.78, 5) is 40.8. The third kappa shape index (κ3) is 5.32. The van der Waals surface area contributed by atoms with Gasteiger partial charge in [-0.1, -0.05) is 17.7 Å². The summed E-state index contributed by atoms with van der Waals surface area (Å²) in [6, 6.07) is 11.8. The summed E-state index contributed by atoms with van der Waals surface area (Å²) >= 11 is 0. The van der Waals surface area contributed by atoms with Crippen molar-refractivity contribution in [3.63, 3.8) is 0 Å². The fourth-order valence-electron chi connectivity index (χ4n) is 4.43. The van der Waals surface area contributed by atoms with Gasteiger partial charge >= 0.3 is 0 Å². The van der Waals surface area contributed by atoms with Crippen LogP contribution in [0.5, 0.6) is 11.5 Å². The van der Waals surface area contributed by atoms with Crippen molar-refractivity contribution in [1.82, 2.24) is 15.5 Å². The van der Waals surface area contributed by atoms with Gasteiger partial charge in [-0.05, 0) is 69.9 Å². The zero-order chi connectivity index (χ0) is 24.2. The van der Waals surface area contributed by atoms with Crippen LogP contribution in [0.1, 0.15) is 53.0 Å². The summed E-state index contributed by atoms with van der Waals surface area (Å²) in [5, 5.41) is 5.86. The van der Waals surface area contributed by atoms with E-state index in [1.165, 1.54) is 0 Å². The Bertz CT molecular complexity index is 1080. The Labute approximate surface area is 199 Å². The molecule has 0 bridgehead atoms. The minimum Gasteiger partial charge on any atom is -0.454 e. The van der Waals surface area contributed by atoms with E-state index in [1.54, 1.807) is 18.2 Å². The average molecular weight is 466 g/mol. The van der Waals surface area contributed by atoms with E-state index in [4.69, 9.17) is 9.47 Å². The predicted molar refractivity (Wildman–Crippen MR) is 127 cm³/mol. The standard InChI is InChI=1S/C26H31N3O5/c1-16(2)27-25(31)23(28-24(30)19-7-8-21-22(14-19)34-15-33-21)18-9-11-29(12-10-18)26(32)20-6-4-5-17(3)13-20/h4-8,13-14,16,18,23H,9-12,15H2,1-3H3,(H,27,31)(H,28,30). The summed E-state index contributed by atoms with van der Waals surface area (Å²) in [5.74, 6) is 0.455. The fraction of sp³-hybridized carbons (Fsp3) is 0.423. The lowest BCUT2D eigenvalue weighted by molar-refractivity contribution is -0.125. The lowest BCUT2D eigenvalue weighted by atomic mass is 9.88. The number of nitrogens with zero attached hydrogens (tertiary/aromatic N) is 1. The molecule has 4 rings (SSSR count). The number of benzene rings is 2. The molecule has 2 aliphatic rings. The van der Waals surface area contributed by atoms with Gasteiger partial charge < -0.3 is 25.0 Å². The molecule has 1 fully saturated rings. The molecule has 1 atom stereocenters. The highest BCUT2D eigenvalue weighted by molar-refractivity contribution is 5.98. The Morgan fingerprint density at radius 2 is 1.68 bits per heavy atom. The Hall–Kier alpha value is -3.55. The van der Waals surface area contributed by atoms with E-state index in [2.05, 4.69) is 10.6 Å². The number of carbonyl (C=O) groups excluding carboxylic acids is 3. The van der Waals surface area contributed by atoms with E-state index >= 15 is 0 Å². The molecule has 1 saturated heterocycles. The molecule has 1 unspecified atom stereocenters. The quantitative estimate of drug-likeness (QED) is 0.684. The molecule has 2 N–H and O–H groups in total. The minimum atomic E-state index is -0.698. The first kappa shape index (κ1) is 23.6. The van der Waals surface area contributed by atoms with Crippen molar-refractivity contribution in [2.45, 2.75) is 45.7 Å². The van der Waals surface area contributed by atoms with Crippen molar-refractivity contribution in [2.24, 2.45) is 5.92 Å². The number of ether oxygens (including phenoxy) is 2. The van der Waals surface area contributed by atoms with E-state index in [1.807, 2.05) is 49.9 Å². The monoisotopic (exact) mass is 465 g/mol. The molecular weight excluding hydrogens is 434 g/mol. The van der Waals surface area contributed by atoms with Gasteiger partial charge in [0.2, 0.25) is 12.7 Å². The Kier molecular flexibility index (Phi) is 7.05. The van der Waals surface area contributed by atoms with Crippen LogP contribution < -0.4 is 20.1 Å². The van der Waals surface area contributed by atoms with Gasteiger partial charge in [0.25, 0.3) is 11.8 Å². The van der Waals surface area contributed by atoms with Crippen LogP contribution in [-0.2, 0) is 4.79 Å². The van der Waals surface area contributed by atoms with Crippen molar-refractivity contribution in [3.05, 3.63) is 59.2 Å². The normalized spacial score (nSPS) is 16.3. The molecule has 2 heterocycles. The van der Waals surface area contributed by atoms with Crippen LogP contribution in [0.4, 0.5) is 0 Å². The Morgan fingerprint density at radius 1 is 0.941 bits per heavy atom. The second kappa shape index (κ2) is 10.2. The van der Waals surface area contributed by atoms with Crippen molar-refractivity contribution in [1.29, 1.82) is 0 Å². The number of hydrogen-bond acceptors (Lipinski definition) is 5. The van der Waals surface area contributed by atoms with Gasteiger partial charge in [0.15, 0.2) is 11.5 Å². The predicted octanol–water partition coefficient (Wildman–Crippen LogP) is 2.90. The van der Waals surface area contributed by atoms with Crippen LogP contribution in [0, 0.1) is 12.8 Å². The zero-order valence-corrected chi connectivity index (χ0v) is 19.8. The maximum absolute atomic E-state index is 13.0. The molecule has 2 aliphatic heterocycles. The molecule has 180 valence electrons. The first-order valence-corrected chi connectivity index (χ1v) is 11.7. The summed E-state index contributed by atoms with van der Waals surface area (Å²) in [6.45, 7) is 6.92. The second-order valence-corrected chi connectivity index (χ2v) is 9.18. The van der Waals surface area contributed by atoms with Gasteiger partial charge in [0.1, 0.15) is 6.04 Å². The van der Waals surface area contributed by atoms with Gasteiger partial charge in [-0.25, -0.2) is 0 Å². The third-order valence-corrected chi connectivity index (χ3v) is 6.20. The topological polar surface area (TPSA) is 97.0 Å². The average Bonchev–Trinajstić information content (AvgIpc) is 3.29. The van der Waals surface area contributed by atoms with Crippen LogP contribution >= 0.6 is 0 Å². The van der Waals surface area contributed by atoms with Crippen LogP contribution in [0.2, 0.25) is 0 Å². The van der Waals surface area contributed by atoms with E-state index in [-0.39, 0.29) is 36.5 Å². The molecule has 0 spiro atoms. The number of rotatable bonds is 6. The van der Waals surface area contributed by atoms with Gasteiger partial charge in [-0.2, -0.15) is 0 Å². The van der Waals surface area contributed by atoms with Crippen molar-refractivity contribution in [2.75, 3.05) is 19.9 Å². The van der Waals surface area contributed by atoms with Gasteiger partial charge in [0, 0.05) is 30.3 Å². The number of likely N-dealkylation sites (tertiary alicyclic amines) is 1.